The molecule has 0 aromatic heterocycles. The third-order valence-corrected chi connectivity index (χ3v) is 3.18. The SMILES string of the molecule is CCCCCC(N)c1c(F)cccc1Br. The largest absolute Gasteiger partial charge is 0.324 e. The number of halogens is 2. The smallest absolute Gasteiger partial charge is 0.129 e. The zero-order valence-electron chi connectivity index (χ0n) is 8.97. The Balaban J connectivity index is 2.68. The summed E-state index contributed by atoms with van der Waals surface area (Å²) < 4.78 is 14.3. The van der Waals surface area contributed by atoms with Crippen molar-refractivity contribution < 1.29 is 4.39 Å². The van der Waals surface area contributed by atoms with Gasteiger partial charge in [-0.25, -0.2) is 4.39 Å². The van der Waals surface area contributed by atoms with Crippen LogP contribution in [0.5, 0.6) is 0 Å². The molecule has 0 heterocycles. The number of hydrogen-bond acceptors (Lipinski definition) is 1. The summed E-state index contributed by atoms with van der Waals surface area (Å²) in [6.07, 6.45) is 4.21. The first-order valence-corrected chi connectivity index (χ1v) is 6.15. The molecule has 0 amide bonds. The molecule has 15 heavy (non-hydrogen) atoms. The van der Waals surface area contributed by atoms with Crippen molar-refractivity contribution in [2.75, 3.05) is 0 Å². The topological polar surface area (TPSA) is 26.0 Å². The van der Waals surface area contributed by atoms with E-state index in [-0.39, 0.29) is 11.9 Å². The zero-order chi connectivity index (χ0) is 11.3. The van der Waals surface area contributed by atoms with Gasteiger partial charge in [-0.1, -0.05) is 48.2 Å². The molecule has 2 N–H and O–H groups in total. The van der Waals surface area contributed by atoms with Crippen molar-refractivity contribution in [1.82, 2.24) is 0 Å². The molecule has 0 saturated heterocycles. The van der Waals surface area contributed by atoms with Crippen LogP contribution in [0.4, 0.5) is 4.39 Å². The van der Waals surface area contributed by atoms with Crippen molar-refractivity contribution in [1.29, 1.82) is 0 Å². The van der Waals surface area contributed by atoms with Gasteiger partial charge in [0.25, 0.3) is 0 Å². The summed E-state index contributed by atoms with van der Waals surface area (Å²) in [5, 5.41) is 0. The molecule has 1 unspecified atom stereocenters. The predicted molar refractivity (Wildman–Crippen MR) is 65.2 cm³/mol. The molecule has 0 aliphatic heterocycles. The lowest BCUT2D eigenvalue weighted by molar-refractivity contribution is 0.536. The van der Waals surface area contributed by atoms with Crippen LogP contribution in [0.15, 0.2) is 22.7 Å². The molecule has 1 nitrogen and oxygen atoms in total. The van der Waals surface area contributed by atoms with E-state index < -0.39 is 0 Å². The molecule has 1 aromatic carbocycles. The highest BCUT2D eigenvalue weighted by atomic mass is 79.9. The average molecular weight is 274 g/mol. The van der Waals surface area contributed by atoms with Gasteiger partial charge in [-0.3, -0.25) is 0 Å². The summed E-state index contributed by atoms with van der Waals surface area (Å²) >= 11 is 3.34. The first kappa shape index (κ1) is 12.7. The molecule has 84 valence electrons. The van der Waals surface area contributed by atoms with Gasteiger partial charge in [0.1, 0.15) is 5.82 Å². The van der Waals surface area contributed by atoms with Crippen molar-refractivity contribution in [3.63, 3.8) is 0 Å². The minimum Gasteiger partial charge on any atom is -0.324 e. The van der Waals surface area contributed by atoms with Crippen LogP contribution in [0.3, 0.4) is 0 Å². The molecule has 0 fully saturated rings. The lowest BCUT2D eigenvalue weighted by atomic mass is 10.0. The molecule has 0 aliphatic rings. The summed E-state index contributed by atoms with van der Waals surface area (Å²) in [7, 11) is 0. The third-order valence-electron chi connectivity index (χ3n) is 2.49. The van der Waals surface area contributed by atoms with Crippen molar-refractivity contribution in [3.05, 3.63) is 34.1 Å². The summed E-state index contributed by atoms with van der Waals surface area (Å²) in [4.78, 5) is 0. The maximum Gasteiger partial charge on any atom is 0.129 e. The van der Waals surface area contributed by atoms with Gasteiger partial charge in [0.15, 0.2) is 0 Å². The molecular formula is C12H17BrFN. The van der Waals surface area contributed by atoms with E-state index in [0.717, 1.165) is 30.2 Å². The number of unbranched alkanes of at least 4 members (excludes halogenated alkanes) is 2. The highest BCUT2D eigenvalue weighted by Crippen LogP contribution is 2.27. The van der Waals surface area contributed by atoms with Gasteiger partial charge < -0.3 is 5.73 Å². The molecule has 1 rings (SSSR count). The second kappa shape index (κ2) is 6.23. The van der Waals surface area contributed by atoms with E-state index in [0.29, 0.717) is 5.56 Å². The predicted octanol–water partition coefficient (Wildman–Crippen LogP) is 4.17. The second-order valence-electron chi connectivity index (χ2n) is 3.74. The Kier molecular flexibility index (Phi) is 5.26. The summed E-state index contributed by atoms with van der Waals surface area (Å²) in [6.45, 7) is 2.14. The molecule has 1 aromatic rings. The van der Waals surface area contributed by atoms with Gasteiger partial charge >= 0.3 is 0 Å². The molecule has 1 atom stereocenters. The fourth-order valence-electron chi connectivity index (χ4n) is 1.62. The van der Waals surface area contributed by atoms with Crippen LogP contribution in [0.1, 0.15) is 44.2 Å². The van der Waals surface area contributed by atoms with Gasteiger partial charge in [0.05, 0.1) is 0 Å². The molecule has 3 heteroatoms. The van der Waals surface area contributed by atoms with E-state index in [2.05, 4.69) is 22.9 Å². The van der Waals surface area contributed by atoms with Gasteiger partial charge in [0.2, 0.25) is 0 Å². The quantitative estimate of drug-likeness (QED) is 0.801. The van der Waals surface area contributed by atoms with Crippen molar-refractivity contribution >= 4 is 15.9 Å². The molecule has 0 bridgehead atoms. The number of hydrogen-bond donors (Lipinski definition) is 1. The van der Waals surface area contributed by atoms with E-state index >= 15 is 0 Å². The van der Waals surface area contributed by atoms with E-state index in [1.807, 2.05) is 6.07 Å². The Morgan fingerprint density at radius 3 is 2.73 bits per heavy atom. The Bertz CT molecular complexity index is 294. The fourth-order valence-corrected chi connectivity index (χ4v) is 2.26. The van der Waals surface area contributed by atoms with Crippen LogP contribution in [-0.4, -0.2) is 0 Å². The highest BCUT2D eigenvalue weighted by molar-refractivity contribution is 9.10. The monoisotopic (exact) mass is 273 g/mol. The Labute approximate surface area is 99.0 Å². The standard InChI is InChI=1S/C12H17BrFN/c1-2-3-4-8-11(15)12-9(13)6-5-7-10(12)14/h5-7,11H,2-4,8,15H2,1H3. The summed E-state index contributed by atoms with van der Waals surface area (Å²) in [5.74, 6) is -0.214. The summed E-state index contributed by atoms with van der Waals surface area (Å²) in [5.41, 5.74) is 6.57. The zero-order valence-corrected chi connectivity index (χ0v) is 10.6. The Morgan fingerprint density at radius 1 is 1.40 bits per heavy atom. The third kappa shape index (κ3) is 3.58. The maximum absolute atomic E-state index is 13.5. The van der Waals surface area contributed by atoms with Crippen LogP contribution in [-0.2, 0) is 0 Å². The lowest BCUT2D eigenvalue weighted by Crippen LogP contribution is -2.12. The first-order valence-electron chi connectivity index (χ1n) is 5.36. The minimum absolute atomic E-state index is 0.202. The molecule has 0 radical (unpaired) electrons. The van der Waals surface area contributed by atoms with Gasteiger partial charge in [0, 0.05) is 16.1 Å². The van der Waals surface area contributed by atoms with E-state index in [1.54, 1.807) is 6.07 Å². The van der Waals surface area contributed by atoms with Crippen LogP contribution >= 0.6 is 15.9 Å². The first-order chi connectivity index (χ1) is 7.16. The Morgan fingerprint density at radius 2 is 2.13 bits per heavy atom. The van der Waals surface area contributed by atoms with E-state index in [1.165, 1.54) is 6.07 Å². The van der Waals surface area contributed by atoms with Crippen LogP contribution < -0.4 is 5.73 Å². The van der Waals surface area contributed by atoms with Gasteiger partial charge in [-0.05, 0) is 18.6 Å². The Hall–Kier alpha value is -0.410. The average Bonchev–Trinajstić information content (AvgIpc) is 2.18. The summed E-state index contributed by atoms with van der Waals surface area (Å²) in [6, 6.07) is 4.77. The molecular weight excluding hydrogens is 257 g/mol. The van der Waals surface area contributed by atoms with Crippen LogP contribution in [0.25, 0.3) is 0 Å². The van der Waals surface area contributed by atoms with Crippen LogP contribution in [0, 0.1) is 5.82 Å². The molecule has 0 saturated carbocycles. The normalized spacial score (nSPS) is 12.8. The molecule has 0 aliphatic carbocycles. The minimum atomic E-state index is -0.214. The van der Waals surface area contributed by atoms with Crippen molar-refractivity contribution in [2.24, 2.45) is 5.73 Å². The van der Waals surface area contributed by atoms with Crippen LogP contribution in [0.2, 0.25) is 0 Å². The van der Waals surface area contributed by atoms with Gasteiger partial charge in [-0.15, -0.1) is 0 Å². The van der Waals surface area contributed by atoms with Crippen molar-refractivity contribution in [2.45, 2.75) is 38.6 Å². The number of rotatable bonds is 5. The van der Waals surface area contributed by atoms with E-state index in [9.17, 15) is 4.39 Å². The maximum atomic E-state index is 13.5. The molecule has 0 spiro atoms. The lowest BCUT2D eigenvalue weighted by Gasteiger charge is -2.14. The second-order valence-corrected chi connectivity index (χ2v) is 4.59. The highest BCUT2D eigenvalue weighted by Gasteiger charge is 2.13. The number of benzene rings is 1. The number of nitrogens with two attached hydrogens (primary N) is 1. The fraction of sp³-hybridized carbons (Fsp3) is 0.500. The van der Waals surface area contributed by atoms with E-state index in [4.69, 9.17) is 5.73 Å². The van der Waals surface area contributed by atoms with Crippen molar-refractivity contribution in [3.8, 4) is 0 Å². The van der Waals surface area contributed by atoms with Gasteiger partial charge in [-0.2, -0.15) is 0 Å².